The first-order valence-electron chi connectivity index (χ1n) is 10.1. The van der Waals surface area contributed by atoms with Gasteiger partial charge in [-0.2, -0.15) is 0 Å². The zero-order chi connectivity index (χ0) is 18.6. The molecule has 3 heteroatoms. The van der Waals surface area contributed by atoms with Crippen molar-refractivity contribution >= 4 is 21.4 Å². The van der Waals surface area contributed by atoms with E-state index < -0.39 is 0 Å². The number of methoxy groups -OCH3 is 1. The molecule has 27 heavy (non-hydrogen) atoms. The van der Waals surface area contributed by atoms with Gasteiger partial charge in [0.25, 0.3) is 0 Å². The molecular weight excluding hydrogens is 350 g/mol. The average molecular weight is 380 g/mol. The van der Waals surface area contributed by atoms with Crippen molar-refractivity contribution in [2.75, 3.05) is 20.2 Å². The molecule has 1 aromatic heterocycles. The van der Waals surface area contributed by atoms with Crippen molar-refractivity contribution < 1.29 is 4.74 Å². The lowest BCUT2D eigenvalue weighted by molar-refractivity contribution is 0.181. The molecule has 0 N–H and O–H groups in total. The summed E-state index contributed by atoms with van der Waals surface area (Å²) >= 11 is 1.95. The lowest BCUT2D eigenvalue weighted by Crippen LogP contribution is -2.41. The molecule has 0 amide bonds. The average Bonchev–Trinajstić information content (AvgIpc) is 3.13. The maximum atomic E-state index is 5.65. The Hall–Kier alpha value is -1.84. The molecule has 0 bridgehead atoms. The van der Waals surface area contributed by atoms with Gasteiger partial charge < -0.3 is 4.74 Å². The van der Waals surface area contributed by atoms with Gasteiger partial charge in [-0.25, -0.2) is 0 Å². The number of hydrogen-bond donors (Lipinski definition) is 0. The van der Waals surface area contributed by atoms with Crippen LogP contribution in [0, 0.1) is 0 Å². The van der Waals surface area contributed by atoms with E-state index in [1.165, 1.54) is 51.9 Å². The number of aryl methyl sites for hydroxylation is 1. The second kappa shape index (κ2) is 8.45. The molecule has 3 aromatic rings. The van der Waals surface area contributed by atoms with Crippen molar-refractivity contribution in [3.63, 3.8) is 0 Å². The summed E-state index contributed by atoms with van der Waals surface area (Å²) in [5, 5.41) is 1.39. The summed E-state index contributed by atoms with van der Waals surface area (Å²) in [6, 6.07) is 18.3. The molecule has 0 aliphatic heterocycles. The van der Waals surface area contributed by atoms with Crippen LogP contribution in [0.3, 0.4) is 0 Å². The molecule has 0 fully saturated rings. The highest BCUT2D eigenvalue weighted by molar-refractivity contribution is 7.19. The molecule has 2 nitrogen and oxygen atoms in total. The Bertz CT molecular complexity index is 853. The molecule has 1 atom stereocenters. The summed E-state index contributed by atoms with van der Waals surface area (Å²) in [5.41, 5.74) is 2.91. The summed E-state index contributed by atoms with van der Waals surface area (Å²) in [5.74, 6) is 1.07. The topological polar surface area (TPSA) is 12.5 Å². The van der Waals surface area contributed by atoms with E-state index in [4.69, 9.17) is 4.74 Å². The van der Waals surface area contributed by atoms with Crippen molar-refractivity contribution in [2.24, 2.45) is 0 Å². The van der Waals surface area contributed by atoms with Crippen LogP contribution in [-0.4, -0.2) is 31.1 Å². The zero-order valence-corrected chi connectivity index (χ0v) is 17.2. The van der Waals surface area contributed by atoms with Gasteiger partial charge in [0.2, 0.25) is 0 Å². The minimum atomic E-state index is 0.628. The number of fused-ring (bicyclic) bond motifs is 2. The third-order valence-corrected chi connectivity index (χ3v) is 6.96. The fourth-order valence-corrected chi connectivity index (χ4v) is 5.47. The minimum absolute atomic E-state index is 0.628. The van der Waals surface area contributed by atoms with Crippen molar-refractivity contribution in [3.05, 3.63) is 64.5 Å². The van der Waals surface area contributed by atoms with Gasteiger partial charge in [-0.3, -0.25) is 4.90 Å². The van der Waals surface area contributed by atoms with Crippen LogP contribution in [0.5, 0.6) is 5.75 Å². The second-order valence-corrected chi connectivity index (χ2v) is 8.70. The predicted octanol–water partition coefficient (Wildman–Crippen LogP) is 5.72. The Morgan fingerprint density at radius 2 is 2.00 bits per heavy atom. The van der Waals surface area contributed by atoms with Crippen LogP contribution >= 0.6 is 11.3 Å². The summed E-state index contributed by atoms with van der Waals surface area (Å²) in [6.07, 6.45) is 5.90. The van der Waals surface area contributed by atoms with E-state index in [1.807, 2.05) is 11.3 Å². The van der Waals surface area contributed by atoms with Crippen LogP contribution in [0.15, 0.2) is 48.5 Å². The quantitative estimate of drug-likeness (QED) is 0.520. The Balaban J connectivity index is 1.47. The number of benzene rings is 2. The number of thiophene rings is 1. The van der Waals surface area contributed by atoms with Crippen molar-refractivity contribution in [1.29, 1.82) is 0 Å². The largest absolute Gasteiger partial charge is 0.496 e. The lowest BCUT2D eigenvalue weighted by atomic mass is 9.86. The van der Waals surface area contributed by atoms with Crippen LogP contribution in [-0.2, 0) is 19.3 Å². The molecular formula is C24H29NOS. The van der Waals surface area contributed by atoms with Crippen LogP contribution in [0.2, 0.25) is 0 Å². The monoisotopic (exact) mass is 379 g/mol. The van der Waals surface area contributed by atoms with E-state index in [1.54, 1.807) is 7.11 Å². The Labute approximate surface area is 166 Å². The van der Waals surface area contributed by atoms with Crippen LogP contribution < -0.4 is 4.74 Å². The second-order valence-electron chi connectivity index (χ2n) is 7.53. The number of rotatable bonds is 7. The van der Waals surface area contributed by atoms with Crippen molar-refractivity contribution in [2.45, 2.75) is 45.1 Å². The fraction of sp³-hybridized carbons (Fsp3) is 0.417. The maximum absolute atomic E-state index is 5.65. The molecule has 0 radical (unpaired) electrons. The fourth-order valence-electron chi connectivity index (χ4n) is 4.42. The number of ether oxygens (including phenoxy) is 1. The van der Waals surface area contributed by atoms with Gasteiger partial charge in [0.1, 0.15) is 5.75 Å². The molecule has 1 aliphatic rings. The van der Waals surface area contributed by atoms with Gasteiger partial charge in [0.05, 0.1) is 7.11 Å². The van der Waals surface area contributed by atoms with Gasteiger partial charge in [-0.15, -0.1) is 11.3 Å². The van der Waals surface area contributed by atoms with E-state index >= 15 is 0 Å². The highest BCUT2D eigenvalue weighted by Gasteiger charge is 2.25. The SMILES string of the molecule is CCCN(CCc1cc2ccccc2s1)C1CCc2cccc(OC)c2C1. The summed E-state index contributed by atoms with van der Waals surface area (Å²) in [6.45, 7) is 4.62. The highest BCUT2D eigenvalue weighted by Crippen LogP contribution is 2.32. The van der Waals surface area contributed by atoms with E-state index in [0.29, 0.717) is 6.04 Å². The first kappa shape index (κ1) is 18.5. The van der Waals surface area contributed by atoms with Crippen molar-refractivity contribution in [3.8, 4) is 5.75 Å². The van der Waals surface area contributed by atoms with Crippen LogP contribution in [0.25, 0.3) is 10.1 Å². The third-order valence-electron chi connectivity index (χ3n) is 5.79. The first-order valence-corrected chi connectivity index (χ1v) is 11.0. The van der Waals surface area contributed by atoms with E-state index in [0.717, 1.165) is 25.1 Å². The molecule has 0 saturated heterocycles. The maximum Gasteiger partial charge on any atom is 0.122 e. The Morgan fingerprint density at radius 1 is 1.11 bits per heavy atom. The lowest BCUT2D eigenvalue weighted by Gasteiger charge is -2.35. The molecule has 0 spiro atoms. The van der Waals surface area contributed by atoms with Gasteiger partial charge >= 0.3 is 0 Å². The zero-order valence-electron chi connectivity index (χ0n) is 16.4. The normalized spacial score (nSPS) is 16.6. The molecule has 1 unspecified atom stereocenters. The molecule has 0 saturated carbocycles. The van der Waals surface area contributed by atoms with E-state index in [-0.39, 0.29) is 0 Å². The van der Waals surface area contributed by atoms with E-state index in [2.05, 4.69) is 60.4 Å². The first-order chi connectivity index (χ1) is 13.3. The molecule has 2 aromatic carbocycles. The standard InChI is InChI=1S/C24H29NOS/c1-3-14-25(15-13-21-16-19-7-4-5-10-24(19)27-21)20-12-11-18-8-6-9-23(26-2)22(18)17-20/h4-10,16,20H,3,11-15,17H2,1-2H3. The Morgan fingerprint density at radius 3 is 2.81 bits per heavy atom. The molecule has 142 valence electrons. The Kier molecular flexibility index (Phi) is 5.80. The number of nitrogens with zero attached hydrogens (tertiary/aromatic N) is 1. The molecule has 1 aliphatic carbocycles. The van der Waals surface area contributed by atoms with Crippen molar-refractivity contribution in [1.82, 2.24) is 4.90 Å². The minimum Gasteiger partial charge on any atom is -0.496 e. The van der Waals surface area contributed by atoms with Gasteiger partial charge in [-0.1, -0.05) is 37.3 Å². The van der Waals surface area contributed by atoms with Crippen LogP contribution in [0.1, 0.15) is 35.8 Å². The highest BCUT2D eigenvalue weighted by atomic mass is 32.1. The summed E-state index contributed by atoms with van der Waals surface area (Å²) < 4.78 is 7.05. The smallest absolute Gasteiger partial charge is 0.122 e. The van der Waals surface area contributed by atoms with Crippen LogP contribution in [0.4, 0.5) is 0 Å². The van der Waals surface area contributed by atoms with E-state index in [9.17, 15) is 0 Å². The number of hydrogen-bond acceptors (Lipinski definition) is 3. The predicted molar refractivity (Wildman–Crippen MR) is 116 cm³/mol. The summed E-state index contributed by atoms with van der Waals surface area (Å²) in [7, 11) is 1.80. The molecule has 4 rings (SSSR count). The van der Waals surface area contributed by atoms with Gasteiger partial charge in [0, 0.05) is 22.2 Å². The molecule has 1 heterocycles. The van der Waals surface area contributed by atoms with Gasteiger partial charge in [0.15, 0.2) is 0 Å². The third kappa shape index (κ3) is 4.04. The van der Waals surface area contributed by atoms with Gasteiger partial charge in [-0.05, 0) is 73.4 Å². The summed E-state index contributed by atoms with van der Waals surface area (Å²) in [4.78, 5) is 4.23.